The normalized spacial score (nSPS) is 12.4. The fourth-order valence-electron chi connectivity index (χ4n) is 1.43. The van der Waals surface area contributed by atoms with Crippen molar-refractivity contribution < 1.29 is 9.15 Å². The molecule has 0 aliphatic heterocycles. The zero-order chi connectivity index (χ0) is 13.1. The van der Waals surface area contributed by atoms with E-state index in [1.807, 2.05) is 25.1 Å². The molecule has 1 aromatic carbocycles. The molecule has 1 aromatic heterocycles. The zero-order valence-corrected chi connectivity index (χ0v) is 11.4. The predicted molar refractivity (Wildman–Crippen MR) is 68.8 cm³/mol. The van der Waals surface area contributed by atoms with Crippen LogP contribution in [0.1, 0.15) is 35.2 Å². The van der Waals surface area contributed by atoms with Crippen molar-refractivity contribution in [3.63, 3.8) is 0 Å². The van der Waals surface area contributed by atoms with Gasteiger partial charge < -0.3 is 9.15 Å². The highest BCUT2D eigenvalue weighted by Gasteiger charge is 2.11. The average Bonchev–Trinajstić information content (AvgIpc) is 2.79. The van der Waals surface area contributed by atoms with Crippen LogP contribution in [0.25, 0.3) is 0 Å². The molecular formula is C13H15ClN2O2. The first-order chi connectivity index (χ1) is 8.56. The molecule has 96 valence electrons. The summed E-state index contributed by atoms with van der Waals surface area (Å²) in [5.41, 5.74) is 2.42. The molecule has 0 bridgehead atoms. The van der Waals surface area contributed by atoms with Crippen molar-refractivity contribution in [2.45, 2.75) is 32.8 Å². The van der Waals surface area contributed by atoms with Crippen LogP contribution < -0.4 is 4.74 Å². The lowest BCUT2D eigenvalue weighted by atomic mass is 10.1. The second-order valence-corrected chi connectivity index (χ2v) is 4.84. The Kier molecular flexibility index (Phi) is 3.87. The zero-order valence-electron chi connectivity index (χ0n) is 10.6. The van der Waals surface area contributed by atoms with E-state index in [0.717, 1.165) is 5.75 Å². The van der Waals surface area contributed by atoms with Gasteiger partial charge in [-0.1, -0.05) is 6.07 Å². The topological polar surface area (TPSA) is 48.2 Å². The lowest BCUT2D eigenvalue weighted by Gasteiger charge is -2.05. The van der Waals surface area contributed by atoms with Crippen LogP contribution in [0.2, 0.25) is 0 Å². The van der Waals surface area contributed by atoms with Crippen molar-refractivity contribution in [1.82, 2.24) is 10.2 Å². The second-order valence-electron chi connectivity index (χ2n) is 4.18. The van der Waals surface area contributed by atoms with Gasteiger partial charge in [-0.25, -0.2) is 0 Å². The molecular weight excluding hydrogens is 252 g/mol. The van der Waals surface area contributed by atoms with E-state index in [1.54, 1.807) is 6.92 Å². The summed E-state index contributed by atoms with van der Waals surface area (Å²) in [5, 5.41) is 7.41. The van der Waals surface area contributed by atoms with Crippen LogP contribution in [0.15, 0.2) is 22.6 Å². The smallest absolute Gasteiger partial charge is 0.253 e. The molecule has 1 unspecified atom stereocenters. The number of rotatable bonds is 4. The Morgan fingerprint density at radius 3 is 2.67 bits per heavy atom. The number of benzene rings is 1. The van der Waals surface area contributed by atoms with Gasteiger partial charge in [-0.2, -0.15) is 0 Å². The Balaban J connectivity index is 2.00. The van der Waals surface area contributed by atoms with E-state index < -0.39 is 0 Å². The first-order valence-corrected chi connectivity index (χ1v) is 6.16. The van der Waals surface area contributed by atoms with E-state index in [-0.39, 0.29) is 12.0 Å². The van der Waals surface area contributed by atoms with Gasteiger partial charge in [-0.05, 0) is 44.0 Å². The fraction of sp³-hybridized carbons (Fsp3) is 0.385. The molecule has 1 heterocycles. The molecule has 18 heavy (non-hydrogen) atoms. The SMILES string of the molecule is Cc1ccc(OCc2nnc(C(C)Cl)o2)cc1C. The van der Waals surface area contributed by atoms with Crippen LogP contribution in [0, 0.1) is 13.8 Å². The Morgan fingerprint density at radius 1 is 1.28 bits per heavy atom. The van der Waals surface area contributed by atoms with Crippen molar-refractivity contribution >= 4 is 11.6 Å². The van der Waals surface area contributed by atoms with Crippen LogP contribution in [0.4, 0.5) is 0 Å². The first-order valence-electron chi connectivity index (χ1n) is 5.72. The van der Waals surface area contributed by atoms with Gasteiger partial charge in [-0.3, -0.25) is 0 Å². The number of alkyl halides is 1. The quantitative estimate of drug-likeness (QED) is 0.794. The highest BCUT2D eigenvalue weighted by atomic mass is 35.5. The number of ether oxygens (including phenoxy) is 1. The van der Waals surface area contributed by atoms with Gasteiger partial charge >= 0.3 is 0 Å². The van der Waals surface area contributed by atoms with E-state index in [2.05, 4.69) is 17.1 Å². The molecule has 0 spiro atoms. The highest BCUT2D eigenvalue weighted by Crippen LogP contribution is 2.20. The summed E-state index contributed by atoms with van der Waals surface area (Å²) in [6, 6.07) is 5.92. The Labute approximate surface area is 111 Å². The van der Waals surface area contributed by atoms with Crippen molar-refractivity contribution in [2.24, 2.45) is 0 Å². The molecule has 4 nitrogen and oxygen atoms in total. The molecule has 2 aromatic rings. The van der Waals surface area contributed by atoms with Crippen LogP contribution in [0.5, 0.6) is 5.75 Å². The summed E-state index contributed by atoms with van der Waals surface area (Å²) < 4.78 is 10.9. The molecule has 0 radical (unpaired) electrons. The third-order valence-corrected chi connectivity index (χ3v) is 2.85. The van der Waals surface area contributed by atoms with Crippen molar-refractivity contribution in [1.29, 1.82) is 0 Å². The van der Waals surface area contributed by atoms with Gasteiger partial charge in [0.1, 0.15) is 11.1 Å². The van der Waals surface area contributed by atoms with Gasteiger partial charge in [0.2, 0.25) is 5.89 Å². The Morgan fingerprint density at radius 2 is 2.06 bits per heavy atom. The maximum Gasteiger partial charge on any atom is 0.253 e. The van der Waals surface area contributed by atoms with Crippen LogP contribution in [0.3, 0.4) is 0 Å². The van der Waals surface area contributed by atoms with Crippen molar-refractivity contribution in [3.8, 4) is 5.75 Å². The molecule has 0 N–H and O–H groups in total. The lowest BCUT2D eigenvalue weighted by Crippen LogP contribution is -1.96. The predicted octanol–water partition coefficient (Wildman–Crippen LogP) is 3.57. The lowest BCUT2D eigenvalue weighted by molar-refractivity contribution is 0.258. The molecule has 2 rings (SSSR count). The van der Waals surface area contributed by atoms with E-state index in [4.69, 9.17) is 20.8 Å². The minimum atomic E-state index is -0.284. The summed E-state index contributed by atoms with van der Waals surface area (Å²) >= 11 is 5.83. The van der Waals surface area contributed by atoms with E-state index >= 15 is 0 Å². The third-order valence-electron chi connectivity index (χ3n) is 2.66. The number of nitrogens with zero attached hydrogens (tertiary/aromatic N) is 2. The molecule has 0 saturated heterocycles. The number of aromatic nitrogens is 2. The largest absolute Gasteiger partial charge is 0.484 e. The number of halogens is 1. The first kappa shape index (κ1) is 12.9. The minimum Gasteiger partial charge on any atom is -0.484 e. The van der Waals surface area contributed by atoms with E-state index in [9.17, 15) is 0 Å². The minimum absolute atomic E-state index is 0.249. The Hall–Kier alpha value is -1.55. The number of hydrogen-bond donors (Lipinski definition) is 0. The number of aryl methyl sites for hydroxylation is 2. The summed E-state index contributed by atoms with van der Waals surface area (Å²) in [4.78, 5) is 0. The van der Waals surface area contributed by atoms with Crippen LogP contribution in [-0.4, -0.2) is 10.2 Å². The van der Waals surface area contributed by atoms with Gasteiger partial charge in [0.05, 0.1) is 0 Å². The van der Waals surface area contributed by atoms with Crippen molar-refractivity contribution in [3.05, 3.63) is 41.1 Å². The summed E-state index contributed by atoms with van der Waals surface area (Å²) in [6.45, 7) is 6.13. The molecule has 5 heteroatoms. The molecule has 0 aliphatic rings. The molecule has 0 saturated carbocycles. The van der Waals surface area contributed by atoms with E-state index in [1.165, 1.54) is 11.1 Å². The molecule has 0 aliphatic carbocycles. The third kappa shape index (κ3) is 3.01. The molecule has 1 atom stereocenters. The Bertz CT molecular complexity index is 538. The maximum atomic E-state index is 5.83. The van der Waals surface area contributed by atoms with Gasteiger partial charge in [0, 0.05) is 0 Å². The van der Waals surface area contributed by atoms with Gasteiger partial charge in [0.15, 0.2) is 6.61 Å². The second kappa shape index (κ2) is 5.40. The standard InChI is InChI=1S/C13H15ClN2O2/c1-8-4-5-11(6-9(8)2)17-7-12-15-16-13(18-12)10(3)14/h4-6,10H,7H2,1-3H3. The highest BCUT2D eigenvalue weighted by molar-refractivity contribution is 6.20. The molecule has 0 fully saturated rings. The van der Waals surface area contributed by atoms with Gasteiger partial charge in [-0.15, -0.1) is 21.8 Å². The number of hydrogen-bond acceptors (Lipinski definition) is 4. The summed E-state index contributed by atoms with van der Waals surface area (Å²) in [7, 11) is 0. The van der Waals surface area contributed by atoms with Crippen molar-refractivity contribution in [2.75, 3.05) is 0 Å². The summed E-state index contributed by atoms with van der Waals surface area (Å²) in [6.07, 6.45) is 0. The van der Waals surface area contributed by atoms with E-state index in [0.29, 0.717) is 11.8 Å². The summed E-state index contributed by atoms with van der Waals surface area (Å²) in [5.74, 6) is 1.63. The average molecular weight is 267 g/mol. The monoisotopic (exact) mass is 266 g/mol. The van der Waals surface area contributed by atoms with Crippen LogP contribution in [-0.2, 0) is 6.61 Å². The van der Waals surface area contributed by atoms with Gasteiger partial charge in [0.25, 0.3) is 5.89 Å². The maximum absolute atomic E-state index is 5.83. The fourth-order valence-corrected chi connectivity index (χ4v) is 1.52. The molecule has 0 amide bonds. The van der Waals surface area contributed by atoms with Crippen LogP contribution >= 0.6 is 11.6 Å².